The maximum absolute atomic E-state index is 12.3. The molecule has 1 aliphatic heterocycles. The van der Waals surface area contributed by atoms with Crippen LogP contribution < -0.4 is 14.8 Å². The molecule has 144 valence electrons. The van der Waals surface area contributed by atoms with Gasteiger partial charge in [-0.3, -0.25) is 9.59 Å². The van der Waals surface area contributed by atoms with Crippen LogP contribution in [-0.4, -0.2) is 49.1 Å². The molecule has 1 aliphatic rings. The molecule has 2 amide bonds. The van der Waals surface area contributed by atoms with Crippen LogP contribution in [0.3, 0.4) is 0 Å². The molecule has 1 atom stereocenters. The minimum absolute atomic E-state index is 0.0290. The van der Waals surface area contributed by atoms with Gasteiger partial charge in [0.25, 0.3) is 11.8 Å². The maximum Gasteiger partial charge on any atom is 0.260 e. The van der Waals surface area contributed by atoms with Crippen molar-refractivity contribution in [2.75, 3.05) is 26.3 Å². The number of nitriles is 1. The van der Waals surface area contributed by atoms with Gasteiger partial charge in [-0.05, 0) is 30.7 Å². The average Bonchev–Trinajstić information content (AvgIpc) is 3.20. The number of likely N-dealkylation sites (tertiary alicyclic amines) is 1. The third-order valence-electron chi connectivity index (χ3n) is 4.38. The summed E-state index contributed by atoms with van der Waals surface area (Å²) in [7, 11) is 0. The molecular formula is C21H21N3O4. The van der Waals surface area contributed by atoms with Crippen molar-refractivity contribution in [3.05, 3.63) is 60.2 Å². The average molecular weight is 379 g/mol. The number of para-hydroxylation sites is 2. The van der Waals surface area contributed by atoms with Gasteiger partial charge in [-0.1, -0.05) is 30.3 Å². The highest BCUT2D eigenvalue weighted by atomic mass is 16.5. The molecule has 1 N–H and O–H groups in total. The summed E-state index contributed by atoms with van der Waals surface area (Å²) in [6.45, 7) is 0.802. The number of nitrogens with zero attached hydrogens (tertiary/aromatic N) is 2. The first kappa shape index (κ1) is 19.2. The van der Waals surface area contributed by atoms with E-state index in [-0.39, 0.29) is 31.1 Å². The van der Waals surface area contributed by atoms with Crippen molar-refractivity contribution in [2.45, 2.75) is 12.5 Å². The summed E-state index contributed by atoms with van der Waals surface area (Å²) in [5.74, 6) is 0.628. The van der Waals surface area contributed by atoms with E-state index in [1.165, 1.54) is 0 Å². The summed E-state index contributed by atoms with van der Waals surface area (Å²) in [5.41, 5.74) is 0.381. The standard InChI is InChI=1S/C21H21N3O4/c22-12-16-6-4-5-9-19(16)28-14-20(25)23-17-10-11-24(13-17)21(26)15-27-18-7-2-1-3-8-18/h1-9,17H,10-11,13-15H2,(H,23,25)/t17-/m0/s1. The van der Waals surface area contributed by atoms with E-state index < -0.39 is 0 Å². The second kappa shape index (κ2) is 9.42. The van der Waals surface area contributed by atoms with E-state index in [1.54, 1.807) is 41.3 Å². The lowest BCUT2D eigenvalue weighted by atomic mass is 10.2. The third-order valence-corrected chi connectivity index (χ3v) is 4.38. The minimum Gasteiger partial charge on any atom is -0.484 e. The van der Waals surface area contributed by atoms with Crippen molar-refractivity contribution < 1.29 is 19.1 Å². The zero-order valence-electron chi connectivity index (χ0n) is 15.3. The Morgan fingerprint density at radius 1 is 1.07 bits per heavy atom. The van der Waals surface area contributed by atoms with E-state index in [2.05, 4.69) is 5.32 Å². The SMILES string of the molecule is N#Cc1ccccc1OCC(=O)N[C@H]1CCN(C(=O)COc2ccccc2)C1. The fraction of sp³-hybridized carbons (Fsp3) is 0.286. The van der Waals surface area contributed by atoms with Crippen molar-refractivity contribution >= 4 is 11.8 Å². The normalized spacial score (nSPS) is 15.5. The van der Waals surface area contributed by atoms with Gasteiger partial charge in [0.15, 0.2) is 13.2 Å². The number of benzene rings is 2. The minimum atomic E-state index is -0.285. The van der Waals surface area contributed by atoms with E-state index in [0.717, 1.165) is 0 Å². The highest BCUT2D eigenvalue weighted by Gasteiger charge is 2.27. The molecule has 7 nitrogen and oxygen atoms in total. The molecule has 0 spiro atoms. The molecule has 0 aliphatic carbocycles. The van der Waals surface area contributed by atoms with Gasteiger partial charge in [0, 0.05) is 19.1 Å². The molecular weight excluding hydrogens is 358 g/mol. The Bertz CT molecular complexity index is 863. The summed E-state index contributed by atoms with van der Waals surface area (Å²) >= 11 is 0. The van der Waals surface area contributed by atoms with E-state index in [1.807, 2.05) is 24.3 Å². The second-order valence-electron chi connectivity index (χ2n) is 6.39. The lowest BCUT2D eigenvalue weighted by Gasteiger charge is -2.17. The molecule has 3 rings (SSSR count). The molecule has 7 heteroatoms. The van der Waals surface area contributed by atoms with Crippen molar-refractivity contribution in [1.82, 2.24) is 10.2 Å². The maximum atomic E-state index is 12.3. The largest absolute Gasteiger partial charge is 0.484 e. The summed E-state index contributed by atoms with van der Waals surface area (Å²) in [5, 5.41) is 11.9. The summed E-state index contributed by atoms with van der Waals surface area (Å²) in [6, 6.07) is 17.8. The molecule has 2 aromatic carbocycles. The first-order valence-electron chi connectivity index (χ1n) is 9.02. The van der Waals surface area contributed by atoms with Gasteiger partial charge in [0.1, 0.15) is 17.6 Å². The van der Waals surface area contributed by atoms with Gasteiger partial charge in [-0.15, -0.1) is 0 Å². The van der Waals surface area contributed by atoms with Gasteiger partial charge in [-0.25, -0.2) is 0 Å². The quantitative estimate of drug-likeness (QED) is 0.791. The van der Waals surface area contributed by atoms with Gasteiger partial charge in [-0.2, -0.15) is 5.26 Å². The van der Waals surface area contributed by atoms with Crippen LogP contribution in [-0.2, 0) is 9.59 Å². The Morgan fingerprint density at radius 2 is 1.82 bits per heavy atom. The number of rotatable bonds is 7. The topological polar surface area (TPSA) is 91.7 Å². The molecule has 0 radical (unpaired) electrons. The van der Waals surface area contributed by atoms with Gasteiger partial charge in [0.05, 0.1) is 5.56 Å². The molecule has 1 saturated heterocycles. The van der Waals surface area contributed by atoms with E-state index >= 15 is 0 Å². The fourth-order valence-electron chi connectivity index (χ4n) is 2.96. The second-order valence-corrected chi connectivity index (χ2v) is 6.39. The van der Waals surface area contributed by atoms with Crippen LogP contribution in [0.4, 0.5) is 0 Å². The van der Waals surface area contributed by atoms with E-state index in [9.17, 15) is 9.59 Å². The van der Waals surface area contributed by atoms with E-state index in [4.69, 9.17) is 14.7 Å². The Hall–Kier alpha value is -3.53. The third kappa shape index (κ3) is 5.24. The predicted octanol–water partition coefficient (Wildman–Crippen LogP) is 1.73. The lowest BCUT2D eigenvalue weighted by Crippen LogP contribution is -2.41. The van der Waals surface area contributed by atoms with Crippen molar-refractivity contribution in [2.24, 2.45) is 0 Å². The fourth-order valence-corrected chi connectivity index (χ4v) is 2.96. The Balaban J connectivity index is 1.40. The zero-order valence-corrected chi connectivity index (χ0v) is 15.3. The highest BCUT2D eigenvalue weighted by molar-refractivity contribution is 5.79. The highest BCUT2D eigenvalue weighted by Crippen LogP contribution is 2.16. The predicted molar refractivity (Wildman–Crippen MR) is 102 cm³/mol. The number of hydrogen-bond donors (Lipinski definition) is 1. The number of nitrogens with one attached hydrogen (secondary N) is 1. The molecule has 0 bridgehead atoms. The lowest BCUT2D eigenvalue weighted by molar-refractivity contribution is -0.132. The van der Waals surface area contributed by atoms with Crippen molar-refractivity contribution in [1.29, 1.82) is 5.26 Å². The van der Waals surface area contributed by atoms with Crippen LogP contribution >= 0.6 is 0 Å². The van der Waals surface area contributed by atoms with Crippen LogP contribution in [0.1, 0.15) is 12.0 Å². The Kier molecular flexibility index (Phi) is 6.47. The van der Waals surface area contributed by atoms with Gasteiger partial charge >= 0.3 is 0 Å². The molecule has 0 unspecified atom stereocenters. The van der Waals surface area contributed by atoms with Gasteiger partial charge < -0.3 is 19.7 Å². The van der Waals surface area contributed by atoms with E-state index in [0.29, 0.717) is 36.6 Å². The number of ether oxygens (including phenoxy) is 2. The summed E-state index contributed by atoms with van der Waals surface area (Å²) in [4.78, 5) is 26.1. The van der Waals surface area contributed by atoms with Crippen LogP contribution in [0.15, 0.2) is 54.6 Å². The van der Waals surface area contributed by atoms with Crippen molar-refractivity contribution in [3.63, 3.8) is 0 Å². The molecule has 1 heterocycles. The molecule has 2 aromatic rings. The summed E-state index contributed by atoms with van der Waals surface area (Å²) in [6.07, 6.45) is 0.678. The van der Waals surface area contributed by atoms with Crippen LogP contribution in [0.25, 0.3) is 0 Å². The van der Waals surface area contributed by atoms with Crippen LogP contribution in [0, 0.1) is 11.3 Å². The smallest absolute Gasteiger partial charge is 0.260 e. The monoisotopic (exact) mass is 379 g/mol. The molecule has 0 saturated carbocycles. The number of carbonyl (C=O) groups excluding carboxylic acids is 2. The van der Waals surface area contributed by atoms with Crippen molar-refractivity contribution in [3.8, 4) is 17.6 Å². The first-order chi connectivity index (χ1) is 13.7. The number of hydrogen-bond acceptors (Lipinski definition) is 5. The first-order valence-corrected chi connectivity index (χ1v) is 9.02. The number of amides is 2. The van der Waals surface area contributed by atoms with Crippen LogP contribution in [0.5, 0.6) is 11.5 Å². The molecule has 0 aromatic heterocycles. The Morgan fingerprint density at radius 3 is 2.61 bits per heavy atom. The van der Waals surface area contributed by atoms with Crippen LogP contribution in [0.2, 0.25) is 0 Å². The number of carbonyl (C=O) groups is 2. The molecule has 1 fully saturated rings. The van der Waals surface area contributed by atoms with Gasteiger partial charge in [0.2, 0.25) is 0 Å². The summed E-state index contributed by atoms with van der Waals surface area (Å²) < 4.78 is 10.9. The molecule has 28 heavy (non-hydrogen) atoms. The Labute approximate surface area is 163 Å². The zero-order chi connectivity index (χ0) is 19.8.